The smallest absolute Gasteiger partial charge is 0.161 e. The van der Waals surface area contributed by atoms with E-state index in [0.717, 1.165) is 36.5 Å². The zero-order valence-corrected chi connectivity index (χ0v) is 15.5. The Morgan fingerprint density at radius 2 is 1.77 bits per heavy atom. The molecule has 1 heterocycles. The SMILES string of the molecule is CCNCc1cn(Cc2ccccc2)nc1-c1ccc(OC)c(OC)c1. The molecule has 0 aliphatic rings. The summed E-state index contributed by atoms with van der Waals surface area (Å²) in [6, 6.07) is 16.3. The van der Waals surface area contributed by atoms with Gasteiger partial charge >= 0.3 is 0 Å². The van der Waals surface area contributed by atoms with Crippen LogP contribution >= 0.6 is 0 Å². The highest BCUT2D eigenvalue weighted by molar-refractivity contribution is 5.66. The van der Waals surface area contributed by atoms with Crippen LogP contribution in [-0.4, -0.2) is 30.5 Å². The fraction of sp³-hybridized carbons (Fsp3) is 0.286. The zero-order chi connectivity index (χ0) is 18.4. The van der Waals surface area contributed by atoms with Gasteiger partial charge in [-0.25, -0.2) is 0 Å². The van der Waals surface area contributed by atoms with Crippen LogP contribution in [0.15, 0.2) is 54.7 Å². The van der Waals surface area contributed by atoms with E-state index in [1.165, 1.54) is 5.56 Å². The molecule has 1 N–H and O–H groups in total. The van der Waals surface area contributed by atoms with E-state index in [1.807, 2.05) is 41.1 Å². The summed E-state index contributed by atoms with van der Waals surface area (Å²) in [5, 5.41) is 8.23. The van der Waals surface area contributed by atoms with E-state index in [0.29, 0.717) is 11.5 Å². The fourth-order valence-electron chi connectivity index (χ4n) is 2.93. The van der Waals surface area contributed by atoms with Crippen LogP contribution in [0.25, 0.3) is 11.3 Å². The van der Waals surface area contributed by atoms with Crippen LogP contribution in [-0.2, 0) is 13.1 Å². The van der Waals surface area contributed by atoms with E-state index in [1.54, 1.807) is 14.2 Å². The van der Waals surface area contributed by atoms with E-state index >= 15 is 0 Å². The summed E-state index contributed by atoms with van der Waals surface area (Å²) < 4.78 is 12.8. The highest BCUT2D eigenvalue weighted by atomic mass is 16.5. The predicted octanol–water partition coefficient (Wildman–Crippen LogP) is 3.73. The van der Waals surface area contributed by atoms with Gasteiger partial charge < -0.3 is 14.8 Å². The Bertz CT molecular complexity index is 844. The average molecular weight is 351 g/mol. The number of ether oxygens (including phenoxy) is 2. The van der Waals surface area contributed by atoms with E-state index in [4.69, 9.17) is 14.6 Å². The molecule has 3 aromatic rings. The van der Waals surface area contributed by atoms with Gasteiger partial charge in [0.05, 0.1) is 26.5 Å². The molecule has 26 heavy (non-hydrogen) atoms. The van der Waals surface area contributed by atoms with E-state index in [-0.39, 0.29) is 0 Å². The van der Waals surface area contributed by atoms with Crippen LogP contribution in [0.3, 0.4) is 0 Å². The van der Waals surface area contributed by atoms with Gasteiger partial charge in [0, 0.05) is 23.9 Å². The largest absolute Gasteiger partial charge is 0.493 e. The first-order valence-corrected chi connectivity index (χ1v) is 8.78. The second kappa shape index (κ2) is 8.54. The summed E-state index contributed by atoms with van der Waals surface area (Å²) in [6.45, 7) is 4.53. The molecule has 0 bridgehead atoms. The first-order chi connectivity index (χ1) is 12.7. The molecule has 0 aliphatic carbocycles. The fourth-order valence-corrected chi connectivity index (χ4v) is 2.93. The number of benzene rings is 2. The zero-order valence-electron chi connectivity index (χ0n) is 15.5. The van der Waals surface area contributed by atoms with Crippen molar-refractivity contribution in [3.8, 4) is 22.8 Å². The molecule has 0 aliphatic heterocycles. The third-order valence-electron chi connectivity index (χ3n) is 4.25. The molecule has 3 rings (SSSR count). The molecule has 0 amide bonds. The van der Waals surface area contributed by atoms with Crippen molar-refractivity contribution in [1.29, 1.82) is 0 Å². The Balaban J connectivity index is 1.96. The number of nitrogens with one attached hydrogen (secondary N) is 1. The van der Waals surface area contributed by atoms with Gasteiger partial charge in [0.1, 0.15) is 0 Å². The highest BCUT2D eigenvalue weighted by Gasteiger charge is 2.14. The lowest BCUT2D eigenvalue weighted by atomic mass is 10.1. The van der Waals surface area contributed by atoms with Crippen LogP contribution in [0.1, 0.15) is 18.1 Å². The Morgan fingerprint density at radius 3 is 2.46 bits per heavy atom. The van der Waals surface area contributed by atoms with Crippen molar-refractivity contribution in [1.82, 2.24) is 15.1 Å². The van der Waals surface area contributed by atoms with Crippen molar-refractivity contribution in [2.24, 2.45) is 0 Å². The molecule has 0 spiro atoms. The van der Waals surface area contributed by atoms with Gasteiger partial charge in [-0.05, 0) is 30.3 Å². The highest BCUT2D eigenvalue weighted by Crippen LogP contribution is 2.33. The number of aromatic nitrogens is 2. The van der Waals surface area contributed by atoms with Gasteiger partial charge in [-0.15, -0.1) is 0 Å². The third kappa shape index (κ3) is 4.06. The normalized spacial score (nSPS) is 10.7. The second-order valence-electron chi connectivity index (χ2n) is 6.04. The van der Waals surface area contributed by atoms with Gasteiger partial charge in [0.25, 0.3) is 0 Å². The monoisotopic (exact) mass is 351 g/mol. The molecule has 5 nitrogen and oxygen atoms in total. The molecule has 0 unspecified atom stereocenters. The Kier molecular flexibility index (Phi) is 5.92. The number of methoxy groups -OCH3 is 2. The lowest BCUT2D eigenvalue weighted by Gasteiger charge is -2.09. The summed E-state index contributed by atoms with van der Waals surface area (Å²) in [4.78, 5) is 0. The molecule has 5 heteroatoms. The lowest BCUT2D eigenvalue weighted by Crippen LogP contribution is -2.11. The topological polar surface area (TPSA) is 48.3 Å². The minimum atomic E-state index is 0.706. The molecule has 0 radical (unpaired) electrons. The maximum absolute atomic E-state index is 5.45. The first-order valence-electron chi connectivity index (χ1n) is 8.78. The van der Waals surface area contributed by atoms with Crippen LogP contribution < -0.4 is 14.8 Å². The van der Waals surface area contributed by atoms with Crippen molar-refractivity contribution in [3.63, 3.8) is 0 Å². The molecule has 0 fully saturated rings. The molecular weight excluding hydrogens is 326 g/mol. The maximum atomic E-state index is 5.45. The Hall–Kier alpha value is -2.79. The maximum Gasteiger partial charge on any atom is 0.161 e. The molecule has 0 saturated carbocycles. The quantitative estimate of drug-likeness (QED) is 0.672. The van der Waals surface area contributed by atoms with Crippen molar-refractivity contribution in [2.45, 2.75) is 20.0 Å². The summed E-state index contributed by atoms with van der Waals surface area (Å²) in [5.41, 5.74) is 4.36. The molecule has 1 aromatic heterocycles. The standard InChI is InChI=1S/C21H25N3O2/c1-4-22-13-18-15-24(14-16-8-6-5-7-9-16)23-21(18)17-10-11-19(25-2)20(12-17)26-3/h5-12,15,22H,4,13-14H2,1-3H3. The van der Waals surface area contributed by atoms with Crippen molar-refractivity contribution in [3.05, 3.63) is 65.9 Å². The molecule has 0 atom stereocenters. The minimum absolute atomic E-state index is 0.706. The van der Waals surface area contributed by atoms with Gasteiger partial charge in [-0.2, -0.15) is 5.10 Å². The Morgan fingerprint density at radius 1 is 1.00 bits per heavy atom. The van der Waals surface area contributed by atoms with Gasteiger partial charge in [-0.1, -0.05) is 37.3 Å². The molecule has 0 saturated heterocycles. The second-order valence-corrected chi connectivity index (χ2v) is 6.04. The number of nitrogens with zero attached hydrogens (tertiary/aromatic N) is 2. The number of hydrogen-bond donors (Lipinski definition) is 1. The van der Waals surface area contributed by atoms with Crippen molar-refractivity contribution < 1.29 is 9.47 Å². The minimum Gasteiger partial charge on any atom is -0.493 e. The molecule has 2 aromatic carbocycles. The van der Waals surface area contributed by atoms with Gasteiger partial charge in [0.2, 0.25) is 0 Å². The van der Waals surface area contributed by atoms with Crippen molar-refractivity contribution >= 4 is 0 Å². The number of rotatable bonds is 8. The third-order valence-corrected chi connectivity index (χ3v) is 4.25. The van der Waals surface area contributed by atoms with E-state index in [9.17, 15) is 0 Å². The molecular formula is C21H25N3O2. The van der Waals surface area contributed by atoms with Crippen LogP contribution in [0.4, 0.5) is 0 Å². The van der Waals surface area contributed by atoms with E-state index < -0.39 is 0 Å². The van der Waals surface area contributed by atoms with E-state index in [2.05, 4.69) is 30.6 Å². The first kappa shape index (κ1) is 18.0. The van der Waals surface area contributed by atoms with Crippen molar-refractivity contribution in [2.75, 3.05) is 20.8 Å². The van der Waals surface area contributed by atoms with Crippen LogP contribution in [0.5, 0.6) is 11.5 Å². The van der Waals surface area contributed by atoms with Gasteiger partial charge in [0.15, 0.2) is 11.5 Å². The van der Waals surface area contributed by atoms with Crippen LogP contribution in [0, 0.1) is 0 Å². The van der Waals surface area contributed by atoms with Gasteiger partial charge in [-0.3, -0.25) is 4.68 Å². The summed E-state index contributed by atoms with van der Waals surface area (Å²) in [7, 11) is 3.29. The number of hydrogen-bond acceptors (Lipinski definition) is 4. The summed E-state index contributed by atoms with van der Waals surface area (Å²) in [5.74, 6) is 1.42. The predicted molar refractivity (Wildman–Crippen MR) is 104 cm³/mol. The lowest BCUT2D eigenvalue weighted by molar-refractivity contribution is 0.355. The molecule has 136 valence electrons. The Labute approximate surface area is 154 Å². The van der Waals surface area contributed by atoms with Crippen LogP contribution in [0.2, 0.25) is 0 Å². The summed E-state index contributed by atoms with van der Waals surface area (Å²) >= 11 is 0. The average Bonchev–Trinajstić information content (AvgIpc) is 3.09. The summed E-state index contributed by atoms with van der Waals surface area (Å²) in [6.07, 6.45) is 2.11.